The summed E-state index contributed by atoms with van der Waals surface area (Å²) in [7, 11) is 5.73. The van der Waals surface area contributed by atoms with Crippen molar-refractivity contribution >= 4 is 0 Å². The van der Waals surface area contributed by atoms with E-state index in [0.717, 1.165) is 11.3 Å². The Balaban J connectivity index is 2.15. The first-order valence-electron chi connectivity index (χ1n) is 7.15. The van der Waals surface area contributed by atoms with Crippen LogP contribution < -0.4 is 4.74 Å². The molecule has 2 atom stereocenters. The van der Waals surface area contributed by atoms with Gasteiger partial charge in [0.05, 0.1) is 13.2 Å². The molecule has 0 bridgehead atoms. The van der Waals surface area contributed by atoms with Crippen LogP contribution in [-0.2, 0) is 0 Å². The molecule has 0 fully saturated rings. The highest BCUT2D eigenvalue weighted by atomic mass is 16.5. The smallest absolute Gasteiger partial charge is 0.118 e. The Morgan fingerprint density at radius 3 is 2.10 bits per heavy atom. The Bertz CT molecular complexity index is 537. The molecular formula is C18H23NO2. The van der Waals surface area contributed by atoms with Gasteiger partial charge in [-0.05, 0) is 43.8 Å². The first-order valence-corrected chi connectivity index (χ1v) is 7.15. The number of methoxy groups -OCH3 is 1. The summed E-state index contributed by atoms with van der Waals surface area (Å²) >= 11 is 0. The third-order valence-corrected chi connectivity index (χ3v) is 3.75. The summed E-state index contributed by atoms with van der Waals surface area (Å²) in [4.78, 5) is 2.13. The highest BCUT2D eigenvalue weighted by molar-refractivity contribution is 5.29. The van der Waals surface area contributed by atoms with E-state index in [-0.39, 0.29) is 6.04 Å². The van der Waals surface area contributed by atoms with Crippen LogP contribution >= 0.6 is 0 Å². The molecule has 0 radical (unpaired) electrons. The van der Waals surface area contributed by atoms with Crippen molar-refractivity contribution in [2.75, 3.05) is 21.2 Å². The van der Waals surface area contributed by atoms with E-state index in [2.05, 4.69) is 17.0 Å². The van der Waals surface area contributed by atoms with E-state index in [9.17, 15) is 5.11 Å². The molecule has 0 aliphatic carbocycles. The maximum absolute atomic E-state index is 10.5. The normalized spacial score (nSPS) is 14.0. The van der Waals surface area contributed by atoms with E-state index in [1.807, 2.05) is 56.6 Å². The van der Waals surface area contributed by atoms with Gasteiger partial charge in [-0.3, -0.25) is 0 Å². The number of hydrogen-bond donors (Lipinski definition) is 1. The number of rotatable bonds is 6. The lowest BCUT2D eigenvalue weighted by Crippen LogP contribution is -2.22. The average Bonchev–Trinajstić information content (AvgIpc) is 2.53. The van der Waals surface area contributed by atoms with Gasteiger partial charge in [0, 0.05) is 6.04 Å². The van der Waals surface area contributed by atoms with Crippen molar-refractivity contribution in [1.82, 2.24) is 4.90 Å². The molecule has 2 aromatic rings. The van der Waals surface area contributed by atoms with Crippen LogP contribution in [0.3, 0.4) is 0 Å². The standard InChI is InChI=1S/C18H23NO2/c1-19(2)17(14-9-11-16(21-3)12-10-14)13-18(20)15-7-5-4-6-8-15/h4-12,17-18,20H,13H2,1-3H3. The molecule has 2 aromatic carbocycles. The molecule has 0 aromatic heterocycles. The predicted octanol–water partition coefficient (Wildman–Crippen LogP) is 3.42. The van der Waals surface area contributed by atoms with E-state index in [1.54, 1.807) is 7.11 Å². The summed E-state index contributed by atoms with van der Waals surface area (Å²) in [5.41, 5.74) is 2.13. The van der Waals surface area contributed by atoms with Crippen LogP contribution in [0.15, 0.2) is 54.6 Å². The summed E-state index contributed by atoms with van der Waals surface area (Å²) in [6.07, 6.45) is 0.185. The summed E-state index contributed by atoms with van der Waals surface area (Å²) < 4.78 is 5.20. The lowest BCUT2D eigenvalue weighted by atomic mass is 9.96. The highest BCUT2D eigenvalue weighted by Gasteiger charge is 2.19. The lowest BCUT2D eigenvalue weighted by molar-refractivity contribution is 0.124. The number of nitrogens with zero attached hydrogens (tertiary/aromatic N) is 1. The molecule has 2 rings (SSSR count). The maximum Gasteiger partial charge on any atom is 0.118 e. The van der Waals surface area contributed by atoms with Crippen molar-refractivity contribution in [1.29, 1.82) is 0 Å². The Kier molecular flexibility index (Phi) is 5.37. The third kappa shape index (κ3) is 4.06. The lowest BCUT2D eigenvalue weighted by Gasteiger charge is -2.27. The summed E-state index contributed by atoms with van der Waals surface area (Å²) in [5.74, 6) is 0.847. The van der Waals surface area contributed by atoms with Crippen molar-refractivity contribution in [3.05, 3.63) is 65.7 Å². The minimum atomic E-state index is -0.472. The van der Waals surface area contributed by atoms with Gasteiger partial charge in [0.15, 0.2) is 0 Å². The van der Waals surface area contributed by atoms with E-state index >= 15 is 0 Å². The number of hydrogen-bond acceptors (Lipinski definition) is 3. The van der Waals surface area contributed by atoms with E-state index in [1.165, 1.54) is 5.56 Å². The Morgan fingerprint density at radius 2 is 1.57 bits per heavy atom. The molecule has 112 valence electrons. The highest BCUT2D eigenvalue weighted by Crippen LogP contribution is 2.30. The van der Waals surface area contributed by atoms with Gasteiger partial charge < -0.3 is 14.7 Å². The van der Waals surface area contributed by atoms with E-state index in [0.29, 0.717) is 6.42 Å². The van der Waals surface area contributed by atoms with Gasteiger partial charge in [-0.25, -0.2) is 0 Å². The molecule has 21 heavy (non-hydrogen) atoms. The summed E-state index contributed by atoms with van der Waals surface area (Å²) in [6.45, 7) is 0. The number of benzene rings is 2. The predicted molar refractivity (Wildman–Crippen MR) is 85.4 cm³/mol. The van der Waals surface area contributed by atoms with Crippen molar-refractivity contribution in [3.8, 4) is 5.75 Å². The molecule has 0 amide bonds. The first-order chi connectivity index (χ1) is 10.1. The maximum atomic E-state index is 10.5. The second kappa shape index (κ2) is 7.25. The van der Waals surface area contributed by atoms with Gasteiger partial charge >= 0.3 is 0 Å². The van der Waals surface area contributed by atoms with Crippen LogP contribution in [0, 0.1) is 0 Å². The largest absolute Gasteiger partial charge is 0.497 e. The summed E-state index contributed by atoms with van der Waals surface area (Å²) in [6, 6.07) is 18.0. The fraction of sp³-hybridized carbons (Fsp3) is 0.333. The number of aliphatic hydroxyl groups excluding tert-OH is 1. The molecule has 0 heterocycles. The number of ether oxygens (including phenoxy) is 1. The topological polar surface area (TPSA) is 32.7 Å². The Labute approximate surface area is 126 Å². The van der Waals surface area contributed by atoms with E-state index in [4.69, 9.17) is 4.74 Å². The zero-order valence-corrected chi connectivity index (χ0v) is 12.9. The summed E-state index contributed by atoms with van der Waals surface area (Å²) in [5, 5.41) is 10.5. The molecule has 0 spiro atoms. The van der Waals surface area contributed by atoms with Crippen LogP contribution in [0.5, 0.6) is 5.75 Å². The molecule has 3 nitrogen and oxygen atoms in total. The SMILES string of the molecule is COc1ccc(C(CC(O)c2ccccc2)N(C)C)cc1. The monoisotopic (exact) mass is 285 g/mol. The molecular weight excluding hydrogens is 262 g/mol. The molecule has 0 aliphatic rings. The van der Waals surface area contributed by atoms with Gasteiger partial charge in [-0.15, -0.1) is 0 Å². The van der Waals surface area contributed by atoms with Gasteiger partial charge in [0.25, 0.3) is 0 Å². The molecule has 1 N–H and O–H groups in total. The molecule has 0 saturated heterocycles. The zero-order chi connectivity index (χ0) is 15.2. The average molecular weight is 285 g/mol. The zero-order valence-electron chi connectivity index (χ0n) is 12.9. The second-order valence-electron chi connectivity index (χ2n) is 5.41. The van der Waals surface area contributed by atoms with Crippen molar-refractivity contribution < 1.29 is 9.84 Å². The van der Waals surface area contributed by atoms with Crippen LogP contribution in [0.2, 0.25) is 0 Å². The van der Waals surface area contributed by atoms with Gasteiger partial charge in [-0.2, -0.15) is 0 Å². The van der Waals surface area contributed by atoms with Crippen LogP contribution in [0.4, 0.5) is 0 Å². The molecule has 0 saturated carbocycles. The second-order valence-corrected chi connectivity index (χ2v) is 5.41. The van der Waals surface area contributed by atoms with Gasteiger partial charge in [-0.1, -0.05) is 42.5 Å². The Hall–Kier alpha value is -1.84. The van der Waals surface area contributed by atoms with Crippen molar-refractivity contribution in [3.63, 3.8) is 0 Å². The van der Waals surface area contributed by atoms with Crippen molar-refractivity contribution in [2.24, 2.45) is 0 Å². The van der Waals surface area contributed by atoms with Crippen molar-refractivity contribution in [2.45, 2.75) is 18.6 Å². The molecule has 0 aliphatic heterocycles. The Morgan fingerprint density at radius 1 is 0.952 bits per heavy atom. The third-order valence-electron chi connectivity index (χ3n) is 3.75. The van der Waals surface area contributed by atoms with Gasteiger partial charge in [0.2, 0.25) is 0 Å². The minimum absolute atomic E-state index is 0.158. The molecule has 3 heteroatoms. The van der Waals surface area contributed by atoms with Crippen LogP contribution in [-0.4, -0.2) is 31.2 Å². The first kappa shape index (κ1) is 15.5. The van der Waals surface area contributed by atoms with Crippen LogP contribution in [0.1, 0.15) is 29.7 Å². The number of aliphatic hydroxyl groups is 1. The quantitative estimate of drug-likeness (QED) is 0.882. The van der Waals surface area contributed by atoms with E-state index < -0.39 is 6.10 Å². The minimum Gasteiger partial charge on any atom is -0.497 e. The molecule has 2 unspecified atom stereocenters. The van der Waals surface area contributed by atoms with Gasteiger partial charge in [0.1, 0.15) is 5.75 Å². The fourth-order valence-electron chi connectivity index (χ4n) is 2.49. The fourth-order valence-corrected chi connectivity index (χ4v) is 2.49. The van der Waals surface area contributed by atoms with Crippen LogP contribution in [0.25, 0.3) is 0 Å².